The summed E-state index contributed by atoms with van der Waals surface area (Å²) < 4.78 is 0.722. The molecule has 1 aromatic rings. The molecule has 0 unspecified atom stereocenters. The van der Waals surface area contributed by atoms with Crippen molar-refractivity contribution in [2.75, 3.05) is 0 Å². The number of hydrogen-bond acceptors (Lipinski definition) is 2. The third-order valence-corrected chi connectivity index (χ3v) is 3.85. The van der Waals surface area contributed by atoms with Crippen LogP contribution in [0, 0.1) is 5.41 Å². The van der Waals surface area contributed by atoms with Gasteiger partial charge < -0.3 is 0 Å². The highest BCUT2D eigenvalue weighted by molar-refractivity contribution is 9.10. The van der Waals surface area contributed by atoms with Crippen molar-refractivity contribution in [1.29, 1.82) is 0 Å². The van der Waals surface area contributed by atoms with Gasteiger partial charge in [-0.2, -0.15) is 0 Å². The van der Waals surface area contributed by atoms with Gasteiger partial charge in [0.15, 0.2) is 4.73 Å². The molecule has 3 heteroatoms. The summed E-state index contributed by atoms with van der Waals surface area (Å²) in [5.74, 6) is 0. The fourth-order valence-electron chi connectivity index (χ4n) is 3.20. The average Bonchev–Trinajstić information content (AvgIpc) is 1.97. The Hall–Kier alpha value is -0.440. The Bertz CT molecular complexity index is 355. The van der Waals surface area contributed by atoms with E-state index in [9.17, 15) is 0 Å². The Morgan fingerprint density at radius 1 is 1.38 bits per heavy atom. The maximum Gasteiger partial charge on any atom is 0.196 e. The molecule has 0 spiro atoms. The van der Waals surface area contributed by atoms with E-state index < -0.39 is 0 Å². The Morgan fingerprint density at radius 2 is 2.08 bits per heavy atom. The molecule has 3 aliphatic carbocycles. The first-order valence-corrected chi connectivity index (χ1v) is 5.40. The van der Waals surface area contributed by atoms with Crippen LogP contribution in [-0.2, 0) is 5.41 Å². The van der Waals surface area contributed by atoms with Crippen LogP contribution in [0.2, 0.25) is 0 Å². The second-order valence-corrected chi connectivity index (χ2v) is 5.54. The Morgan fingerprint density at radius 3 is 2.62 bits per heavy atom. The van der Waals surface area contributed by atoms with E-state index in [1.165, 1.54) is 25.0 Å². The van der Waals surface area contributed by atoms with Crippen LogP contribution < -0.4 is 0 Å². The predicted octanol–water partition coefficient (Wildman–Crippen LogP) is 2.68. The molecular weight excluding hydrogens is 228 g/mol. The average molecular weight is 239 g/mol. The van der Waals surface area contributed by atoms with Crippen molar-refractivity contribution in [3.63, 3.8) is 0 Å². The topological polar surface area (TPSA) is 25.8 Å². The summed E-state index contributed by atoms with van der Waals surface area (Å²) in [6, 6.07) is 2.06. The zero-order valence-electron chi connectivity index (χ0n) is 7.55. The van der Waals surface area contributed by atoms with Gasteiger partial charge in [0.25, 0.3) is 0 Å². The van der Waals surface area contributed by atoms with Gasteiger partial charge >= 0.3 is 0 Å². The Balaban J connectivity index is 1.95. The Kier molecular flexibility index (Phi) is 1.30. The molecule has 13 heavy (non-hydrogen) atoms. The summed E-state index contributed by atoms with van der Waals surface area (Å²) in [6.07, 6.45) is 5.81. The van der Waals surface area contributed by atoms with Gasteiger partial charge in [0.1, 0.15) is 0 Å². The fourth-order valence-corrected chi connectivity index (χ4v) is 3.51. The number of hydrogen-bond donors (Lipinski definition) is 0. The molecule has 0 saturated heterocycles. The molecule has 3 aliphatic rings. The summed E-state index contributed by atoms with van der Waals surface area (Å²) in [6.45, 7) is 2.37. The molecule has 3 saturated carbocycles. The number of rotatable bonds is 1. The van der Waals surface area contributed by atoms with Gasteiger partial charge in [-0.15, -0.1) is 0 Å². The normalized spacial score (nSPS) is 40.8. The highest BCUT2D eigenvalue weighted by atomic mass is 79.9. The third kappa shape index (κ3) is 0.938. The molecule has 0 amide bonds. The molecule has 0 N–H and O–H groups in total. The SMILES string of the molecule is CC12CC(c3ccnc(Br)n3)(C1)C2. The zero-order valence-corrected chi connectivity index (χ0v) is 9.13. The lowest BCUT2D eigenvalue weighted by Gasteiger charge is -2.69. The summed E-state index contributed by atoms with van der Waals surface area (Å²) in [4.78, 5) is 8.49. The van der Waals surface area contributed by atoms with Gasteiger partial charge in [-0.25, -0.2) is 9.97 Å². The zero-order chi connectivity index (χ0) is 9.10. The van der Waals surface area contributed by atoms with Crippen molar-refractivity contribution < 1.29 is 0 Å². The van der Waals surface area contributed by atoms with Crippen LogP contribution in [-0.4, -0.2) is 9.97 Å². The number of aromatic nitrogens is 2. The molecule has 0 aliphatic heterocycles. The summed E-state index contributed by atoms with van der Waals surface area (Å²) in [5.41, 5.74) is 2.32. The van der Waals surface area contributed by atoms with Gasteiger partial charge in [0.05, 0.1) is 5.69 Å². The van der Waals surface area contributed by atoms with E-state index in [1.54, 1.807) is 0 Å². The van der Waals surface area contributed by atoms with E-state index >= 15 is 0 Å². The molecular formula is C10H11BrN2. The van der Waals surface area contributed by atoms with Crippen LogP contribution in [0.5, 0.6) is 0 Å². The number of nitrogens with zero attached hydrogens (tertiary/aromatic N) is 2. The molecule has 2 nitrogen and oxygen atoms in total. The van der Waals surface area contributed by atoms with Crippen LogP contribution in [0.4, 0.5) is 0 Å². The smallest absolute Gasteiger partial charge is 0.196 e. The maximum absolute atomic E-state index is 4.44. The molecule has 0 aromatic carbocycles. The maximum atomic E-state index is 4.44. The number of halogens is 1. The lowest BCUT2D eigenvalue weighted by atomic mass is 9.35. The van der Waals surface area contributed by atoms with Crippen LogP contribution in [0.1, 0.15) is 31.9 Å². The van der Waals surface area contributed by atoms with E-state index in [4.69, 9.17) is 0 Å². The van der Waals surface area contributed by atoms with Gasteiger partial charge in [-0.05, 0) is 46.7 Å². The first kappa shape index (κ1) is 7.92. The first-order chi connectivity index (χ1) is 6.12. The summed E-state index contributed by atoms with van der Waals surface area (Å²) >= 11 is 3.32. The lowest BCUT2D eigenvalue weighted by Crippen LogP contribution is -2.63. The van der Waals surface area contributed by atoms with Crippen molar-refractivity contribution in [1.82, 2.24) is 9.97 Å². The minimum atomic E-state index is 0.431. The molecule has 0 radical (unpaired) electrons. The summed E-state index contributed by atoms with van der Waals surface area (Å²) in [7, 11) is 0. The predicted molar refractivity (Wildman–Crippen MR) is 53.4 cm³/mol. The first-order valence-electron chi connectivity index (χ1n) is 4.61. The Labute approximate surface area is 85.9 Å². The monoisotopic (exact) mass is 238 g/mol. The fraction of sp³-hybridized carbons (Fsp3) is 0.600. The highest BCUT2D eigenvalue weighted by Gasteiger charge is 2.66. The second kappa shape index (κ2) is 2.14. The minimum absolute atomic E-state index is 0.431. The third-order valence-electron chi connectivity index (χ3n) is 3.47. The molecule has 68 valence electrons. The van der Waals surface area contributed by atoms with Gasteiger partial charge in [0.2, 0.25) is 0 Å². The van der Waals surface area contributed by atoms with Gasteiger partial charge in [-0.3, -0.25) is 0 Å². The van der Waals surface area contributed by atoms with Crippen molar-refractivity contribution in [2.45, 2.75) is 31.6 Å². The molecule has 0 atom stereocenters. The van der Waals surface area contributed by atoms with Crippen molar-refractivity contribution >= 4 is 15.9 Å². The van der Waals surface area contributed by atoms with Gasteiger partial charge in [0, 0.05) is 11.6 Å². The molecule has 1 heterocycles. The van der Waals surface area contributed by atoms with Crippen molar-refractivity contribution in [3.05, 3.63) is 22.7 Å². The van der Waals surface area contributed by atoms with Crippen molar-refractivity contribution in [3.8, 4) is 0 Å². The van der Waals surface area contributed by atoms with Crippen LogP contribution in [0.3, 0.4) is 0 Å². The largest absolute Gasteiger partial charge is 0.231 e. The lowest BCUT2D eigenvalue weighted by molar-refractivity contribution is -0.128. The van der Waals surface area contributed by atoms with E-state index in [2.05, 4.69) is 38.9 Å². The molecule has 2 bridgehead atoms. The second-order valence-electron chi connectivity index (χ2n) is 4.83. The minimum Gasteiger partial charge on any atom is -0.231 e. The molecule has 1 aromatic heterocycles. The summed E-state index contributed by atoms with van der Waals surface area (Å²) in [5, 5.41) is 0. The molecule has 3 fully saturated rings. The van der Waals surface area contributed by atoms with Crippen LogP contribution >= 0.6 is 15.9 Å². The standard InChI is InChI=1S/C10H11BrN2/c1-9-4-10(5-9,6-9)7-2-3-12-8(11)13-7/h2-3H,4-6H2,1H3. The van der Waals surface area contributed by atoms with E-state index in [1.807, 2.05) is 6.20 Å². The highest BCUT2D eigenvalue weighted by Crippen LogP contribution is 2.72. The van der Waals surface area contributed by atoms with E-state index in [-0.39, 0.29) is 0 Å². The quantitative estimate of drug-likeness (QED) is 0.704. The van der Waals surface area contributed by atoms with Crippen LogP contribution in [0.15, 0.2) is 17.0 Å². The van der Waals surface area contributed by atoms with Crippen molar-refractivity contribution in [2.24, 2.45) is 5.41 Å². The van der Waals surface area contributed by atoms with E-state index in [0.717, 1.165) is 4.73 Å². The molecule has 4 rings (SSSR count). The van der Waals surface area contributed by atoms with Crippen LogP contribution in [0.25, 0.3) is 0 Å². The van der Waals surface area contributed by atoms with Gasteiger partial charge in [-0.1, -0.05) is 6.92 Å². The van der Waals surface area contributed by atoms with E-state index in [0.29, 0.717) is 10.8 Å².